The van der Waals surface area contributed by atoms with E-state index in [-0.39, 0.29) is 5.91 Å². The lowest BCUT2D eigenvalue weighted by Crippen LogP contribution is -2.49. The number of anilines is 1. The van der Waals surface area contributed by atoms with Crippen molar-refractivity contribution in [3.8, 4) is 11.3 Å². The molecule has 1 aliphatic heterocycles. The number of amides is 1. The number of rotatable bonds is 3. The Kier molecular flexibility index (Phi) is 5.49. The molecule has 0 radical (unpaired) electrons. The van der Waals surface area contributed by atoms with E-state index < -0.39 is 0 Å². The number of hydrogen-bond donors (Lipinski definition) is 0. The van der Waals surface area contributed by atoms with Gasteiger partial charge < -0.3 is 9.80 Å². The van der Waals surface area contributed by atoms with E-state index in [1.807, 2.05) is 67.3 Å². The number of halogens is 1. The van der Waals surface area contributed by atoms with Gasteiger partial charge in [0.15, 0.2) is 5.82 Å². The number of carbonyl (C=O) groups is 1. The van der Waals surface area contributed by atoms with Crippen molar-refractivity contribution < 1.29 is 4.79 Å². The molecule has 0 spiro atoms. The van der Waals surface area contributed by atoms with Gasteiger partial charge in [-0.2, -0.15) is 0 Å². The highest BCUT2D eigenvalue weighted by Gasteiger charge is 2.23. The standard InChI is InChI=1S/C23H23ClN4O/c1-16-13-17(2)15-18(14-16)23(29)28-11-9-27(10-12-28)22-8-7-21(25-26-22)19-5-3-4-6-20(19)24/h3-8,13-15H,9-12H2,1-2H3. The number of carbonyl (C=O) groups excluding carboxylic acids is 1. The molecule has 2 heterocycles. The fourth-order valence-corrected chi connectivity index (χ4v) is 3.96. The van der Waals surface area contributed by atoms with Gasteiger partial charge in [-0.3, -0.25) is 4.79 Å². The molecular formula is C23H23ClN4O. The summed E-state index contributed by atoms with van der Waals surface area (Å²) in [7, 11) is 0. The summed E-state index contributed by atoms with van der Waals surface area (Å²) in [4.78, 5) is 16.9. The van der Waals surface area contributed by atoms with Crippen molar-refractivity contribution in [2.24, 2.45) is 0 Å². The van der Waals surface area contributed by atoms with E-state index in [9.17, 15) is 4.79 Å². The van der Waals surface area contributed by atoms with Crippen molar-refractivity contribution in [3.63, 3.8) is 0 Å². The van der Waals surface area contributed by atoms with E-state index in [4.69, 9.17) is 11.6 Å². The third kappa shape index (κ3) is 4.25. The molecular weight excluding hydrogens is 384 g/mol. The van der Waals surface area contributed by atoms with Gasteiger partial charge in [0, 0.05) is 37.3 Å². The molecule has 0 N–H and O–H groups in total. The summed E-state index contributed by atoms with van der Waals surface area (Å²) in [6.07, 6.45) is 0. The monoisotopic (exact) mass is 406 g/mol. The van der Waals surface area contributed by atoms with Crippen LogP contribution in [0.4, 0.5) is 5.82 Å². The van der Waals surface area contributed by atoms with Crippen molar-refractivity contribution in [1.29, 1.82) is 0 Å². The third-order valence-electron chi connectivity index (χ3n) is 5.16. The lowest BCUT2D eigenvalue weighted by atomic mass is 10.1. The minimum absolute atomic E-state index is 0.0941. The quantitative estimate of drug-likeness (QED) is 0.647. The molecule has 1 amide bonds. The Hall–Kier alpha value is -2.92. The molecule has 1 saturated heterocycles. The van der Waals surface area contributed by atoms with Crippen LogP contribution in [0.2, 0.25) is 5.02 Å². The van der Waals surface area contributed by atoms with Gasteiger partial charge in [0.05, 0.1) is 10.7 Å². The summed E-state index contributed by atoms with van der Waals surface area (Å²) in [5, 5.41) is 9.39. The fourth-order valence-electron chi connectivity index (χ4n) is 3.73. The predicted octanol–water partition coefficient (Wildman–Crippen LogP) is 4.38. The van der Waals surface area contributed by atoms with Crippen LogP contribution in [0.25, 0.3) is 11.3 Å². The van der Waals surface area contributed by atoms with Crippen molar-refractivity contribution in [2.75, 3.05) is 31.1 Å². The second kappa shape index (κ2) is 8.21. The first-order chi connectivity index (χ1) is 14.0. The van der Waals surface area contributed by atoms with Crippen LogP contribution in [0.3, 0.4) is 0 Å². The molecule has 6 heteroatoms. The second-order valence-electron chi connectivity index (χ2n) is 7.41. The van der Waals surface area contributed by atoms with Gasteiger partial charge in [-0.1, -0.05) is 47.0 Å². The first-order valence-corrected chi connectivity index (χ1v) is 10.1. The van der Waals surface area contributed by atoms with Gasteiger partial charge in [-0.25, -0.2) is 0 Å². The van der Waals surface area contributed by atoms with Gasteiger partial charge >= 0.3 is 0 Å². The summed E-state index contributed by atoms with van der Waals surface area (Å²) in [6, 6.07) is 17.5. The van der Waals surface area contributed by atoms with Crippen molar-refractivity contribution >= 4 is 23.3 Å². The summed E-state index contributed by atoms with van der Waals surface area (Å²) in [6.45, 7) is 6.84. The first kappa shape index (κ1) is 19.4. The normalized spacial score (nSPS) is 14.2. The zero-order chi connectivity index (χ0) is 20.4. The SMILES string of the molecule is Cc1cc(C)cc(C(=O)N2CCN(c3ccc(-c4ccccc4Cl)nn3)CC2)c1. The Morgan fingerprint density at radius 1 is 0.897 bits per heavy atom. The summed E-state index contributed by atoms with van der Waals surface area (Å²) >= 11 is 6.25. The maximum absolute atomic E-state index is 12.8. The summed E-state index contributed by atoms with van der Waals surface area (Å²) < 4.78 is 0. The van der Waals surface area contributed by atoms with Gasteiger partial charge in [0.2, 0.25) is 0 Å². The summed E-state index contributed by atoms with van der Waals surface area (Å²) in [5.74, 6) is 0.913. The highest BCUT2D eigenvalue weighted by Crippen LogP contribution is 2.26. The number of piperazine rings is 1. The van der Waals surface area contributed by atoms with Crippen LogP contribution in [0, 0.1) is 13.8 Å². The number of aryl methyl sites for hydroxylation is 2. The molecule has 4 rings (SSSR count). The molecule has 0 unspecified atom stereocenters. The maximum atomic E-state index is 12.8. The minimum Gasteiger partial charge on any atom is -0.352 e. The average molecular weight is 407 g/mol. The topological polar surface area (TPSA) is 49.3 Å². The molecule has 0 atom stereocenters. The van der Waals surface area contributed by atoms with Gasteiger partial charge in [0.25, 0.3) is 5.91 Å². The van der Waals surface area contributed by atoms with Crippen molar-refractivity contribution in [1.82, 2.24) is 15.1 Å². The number of nitrogens with zero attached hydrogens (tertiary/aromatic N) is 4. The zero-order valence-corrected chi connectivity index (χ0v) is 17.4. The van der Waals surface area contributed by atoms with Gasteiger partial charge in [-0.05, 0) is 44.2 Å². The third-order valence-corrected chi connectivity index (χ3v) is 5.49. The highest BCUT2D eigenvalue weighted by molar-refractivity contribution is 6.33. The zero-order valence-electron chi connectivity index (χ0n) is 16.6. The Balaban J connectivity index is 1.42. The lowest BCUT2D eigenvalue weighted by Gasteiger charge is -2.35. The first-order valence-electron chi connectivity index (χ1n) is 9.72. The van der Waals surface area contributed by atoms with Crippen LogP contribution in [-0.2, 0) is 0 Å². The minimum atomic E-state index is 0.0941. The molecule has 0 bridgehead atoms. The van der Waals surface area contributed by atoms with Crippen molar-refractivity contribution in [2.45, 2.75) is 13.8 Å². The summed E-state index contributed by atoms with van der Waals surface area (Å²) in [5.41, 5.74) is 4.61. The molecule has 0 aliphatic carbocycles. The molecule has 1 aromatic heterocycles. The number of hydrogen-bond acceptors (Lipinski definition) is 4. The smallest absolute Gasteiger partial charge is 0.253 e. The Morgan fingerprint density at radius 2 is 1.59 bits per heavy atom. The van der Waals surface area contributed by atoms with Gasteiger partial charge in [-0.15, -0.1) is 10.2 Å². The molecule has 5 nitrogen and oxygen atoms in total. The van der Waals surface area contributed by atoms with E-state index in [1.54, 1.807) is 0 Å². The van der Waals surface area contributed by atoms with Crippen LogP contribution in [0.5, 0.6) is 0 Å². The van der Waals surface area contributed by atoms with Crippen LogP contribution < -0.4 is 4.90 Å². The maximum Gasteiger partial charge on any atom is 0.253 e. The second-order valence-corrected chi connectivity index (χ2v) is 7.82. The molecule has 3 aromatic rings. The Bertz CT molecular complexity index is 1010. The van der Waals surface area contributed by atoms with E-state index in [1.165, 1.54) is 0 Å². The highest BCUT2D eigenvalue weighted by atomic mass is 35.5. The van der Waals surface area contributed by atoms with E-state index in [2.05, 4.69) is 21.2 Å². The average Bonchev–Trinajstić information content (AvgIpc) is 2.73. The van der Waals surface area contributed by atoms with Crippen LogP contribution >= 0.6 is 11.6 Å². The molecule has 2 aromatic carbocycles. The Morgan fingerprint density at radius 3 is 2.21 bits per heavy atom. The molecule has 148 valence electrons. The molecule has 29 heavy (non-hydrogen) atoms. The van der Waals surface area contributed by atoms with Crippen molar-refractivity contribution in [3.05, 3.63) is 76.3 Å². The van der Waals surface area contributed by atoms with Gasteiger partial charge in [0.1, 0.15) is 0 Å². The molecule has 0 saturated carbocycles. The van der Waals surface area contributed by atoms with Crippen LogP contribution in [0.15, 0.2) is 54.6 Å². The predicted molar refractivity (Wildman–Crippen MR) is 117 cm³/mol. The number of benzene rings is 2. The van der Waals surface area contributed by atoms with Crippen LogP contribution in [-0.4, -0.2) is 47.2 Å². The lowest BCUT2D eigenvalue weighted by molar-refractivity contribution is 0.0746. The van der Waals surface area contributed by atoms with E-state index in [0.717, 1.165) is 46.9 Å². The van der Waals surface area contributed by atoms with E-state index in [0.29, 0.717) is 18.1 Å². The van der Waals surface area contributed by atoms with Crippen LogP contribution in [0.1, 0.15) is 21.5 Å². The molecule has 1 aliphatic rings. The molecule has 1 fully saturated rings. The van der Waals surface area contributed by atoms with E-state index >= 15 is 0 Å². The Labute approximate surface area is 175 Å². The largest absolute Gasteiger partial charge is 0.352 e. The number of aromatic nitrogens is 2. The fraction of sp³-hybridized carbons (Fsp3) is 0.261.